The maximum Gasteiger partial charge on any atom is 0.413 e. The number of ether oxygens (including phenoxy) is 3. The summed E-state index contributed by atoms with van der Waals surface area (Å²) in [6.07, 6.45) is 2.09. The molecule has 7 nitrogen and oxygen atoms in total. The van der Waals surface area contributed by atoms with Crippen molar-refractivity contribution in [2.75, 3.05) is 13.2 Å². The first-order chi connectivity index (χ1) is 10.7. The fraction of sp³-hybridized carbons (Fsp3) is 0.750. The van der Waals surface area contributed by atoms with Crippen molar-refractivity contribution in [3.63, 3.8) is 0 Å². The molecule has 1 aromatic rings. The van der Waals surface area contributed by atoms with E-state index in [0.29, 0.717) is 19.1 Å². The predicted molar refractivity (Wildman–Crippen MR) is 82.8 cm³/mol. The lowest BCUT2D eigenvalue weighted by Gasteiger charge is -2.36. The van der Waals surface area contributed by atoms with Gasteiger partial charge in [0.15, 0.2) is 6.10 Å². The summed E-state index contributed by atoms with van der Waals surface area (Å²) in [5.41, 5.74) is -1.39. The van der Waals surface area contributed by atoms with Crippen LogP contribution in [0, 0.1) is 0 Å². The number of carbonyl (C=O) groups is 1. The number of amides is 1. The van der Waals surface area contributed by atoms with Gasteiger partial charge >= 0.3 is 6.09 Å². The van der Waals surface area contributed by atoms with Gasteiger partial charge in [-0.1, -0.05) is 0 Å². The van der Waals surface area contributed by atoms with Crippen LogP contribution in [0.2, 0.25) is 0 Å². The summed E-state index contributed by atoms with van der Waals surface area (Å²) in [5.74, 6) is 0.423. The van der Waals surface area contributed by atoms with Gasteiger partial charge in [0.1, 0.15) is 17.6 Å². The second-order valence-electron chi connectivity index (χ2n) is 6.92. The van der Waals surface area contributed by atoms with E-state index in [1.807, 2.05) is 41.5 Å². The minimum absolute atomic E-state index is 0.319. The molecule has 1 unspecified atom stereocenters. The van der Waals surface area contributed by atoms with E-state index in [2.05, 4.69) is 4.98 Å². The van der Waals surface area contributed by atoms with E-state index in [9.17, 15) is 4.79 Å². The molecule has 0 bridgehead atoms. The Morgan fingerprint density at radius 2 is 2.22 bits per heavy atom. The Hall–Kier alpha value is -1.60. The fourth-order valence-corrected chi connectivity index (χ4v) is 2.62. The summed E-state index contributed by atoms with van der Waals surface area (Å²) in [6, 6.07) is -0.376. The molecule has 0 spiro atoms. The van der Waals surface area contributed by atoms with Crippen LogP contribution in [0.25, 0.3) is 0 Å². The number of carbonyl (C=O) groups excluding carboxylic acids is 1. The van der Waals surface area contributed by atoms with E-state index in [1.165, 1.54) is 6.26 Å². The Kier molecular flexibility index (Phi) is 5.01. The highest BCUT2D eigenvalue weighted by molar-refractivity contribution is 5.70. The van der Waals surface area contributed by atoms with Gasteiger partial charge in [0.2, 0.25) is 5.89 Å². The number of hydrogen-bond donors (Lipinski definition) is 0. The Bertz CT molecular complexity index is 521. The van der Waals surface area contributed by atoms with Crippen LogP contribution in [-0.2, 0) is 14.2 Å². The van der Waals surface area contributed by atoms with Gasteiger partial charge in [-0.05, 0) is 41.5 Å². The van der Waals surface area contributed by atoms with Gasteiger partial charge < -0.3 is 18.6 Å². The molecule has 1 fully saturated rings. The van der Waals surface area contributed by atoms with Crippen LogP contribution >= 0.6 is 0 Å². The topological polar surface area (TPSA) is 74.0 Å². The second kappa shape index (κ2) is 6.49. The maximum absolute atomic E-state index is 12.7. The first-order valence-electron chi connectivity index (χ1n) is 7.83. The Morgan fingerprint density at radius 3 is 2.74 bits per heavy atom. The first kappa shape index (κ1) is 17.7. The van der Waals surface area contributed by atoms with Crippen LogP contribution in [-0.4, -0.2) is 46.6 Å². The molecule has 0 radical (unpaired) electrons. The molecule has 7 heteroatoms. The van der Waals surface area contributed by atoms with Gasteiger partial charge in [-0.3, -0.25) is 4.90 Å². The van der Waals surface area contributed by atoms with Crippen molar-refractivity contribution in [3.8, 4) is 0 Å². The summed E-state index contributed by atoms with van der Waals surface area (Å²) >= 11 is 0. The molecule has 2 rings (SSSR count). The Balaban J connectivity index is 2.29. The zero-order valence-electron chi connectivity index (χ0n) is 14.7. The molecular weight excluding hydrogens is 300 g/mol. The van der Waals surface area contributed by atoms with Gasteiger partial charge in [0, 0.05) is 6.61 Å². The molecule has 23 heavy (non-hydrogen) atoms. The van der Waals surface area contributed by atoms with Gasteiger partial charge in [0.25, 0.3) is 0 Å². The predicted octanol–water partition coefficient (Wildman–Crippen LogP) is 3.12. The van der Waals surface area contributed by atoms with Crippen molar-refractivity contribution in [1.82, 2.24) is 9.88 Å². The first-order valence-corrected chi connectivity index (χ1v) is 7.83. The summed E-state index contributed by atoms with van der Waals surface area (Å²) in [7, 11) is 0. The molecule has 1 amide bonds. The van der Waals surface area contributed by atoms with Crippen LogP contribution in [0.15, 0.2) is 16.9 Å². The lowest BCUT2D eigenvalue weighted by atomic mass is 10.1. The molecule has 0 N–H and O–H groups in total. The summed E-state index contributed by atoms with van der Waals surface area (Å²) in [4.78, 5) is 18.4. The monoisotopic (exact) mass is 326 g/mol. The standard InChI is InChI=1S/C16H26N2O5/c1-7-20-12(13-17-8-9-21-13)11-10-22-16(5,6)18(11)14(19)23-15(2,3)4/h8-9,11-12H,7,10H2,1-6H3/t11-,12?/m1/s1. The van der Waals surface area contributed by atoms with E-state index < -0.39 is 23.5 Å². The highest BCUT2D eigenvalue weighted by Gasteiger charge is 2.50. The van der Waals surface area contributed by atoms with E-state index in [0.717, 1.165) is 0 Å². The fourth-order valence-electron chi connectivity index (χ4n) is 2.62. The molecule has 1 aromatic heterocycles. The average Bonchev–Trinajstić information content (AvgIpc) is 3.01. The normalized spacial score (nSPS) is 22.2. The summed E-state index contributed by atoms with van der Waals surface area (Å²) < 4.78 is 22.5. The van der Waals surface area contributed by atoms with E-state index in [4.69, 9.17) is 18.6 Å². The molecule has 1 aliphatic rings. The van der Waals surface area contributed by atoms with Gasteiger partial charge in [-0.25, -0.2) is 9.78 Å². The Morgan fingerprint density at radius 1 is 1.52 bits per heavy atom. The number of hydrogen-bond acceptors (Lipinski definition) is 6. The van der Waals surface area contributed by atoms with Crippen molar-refractivity contribution in [2.24, 2.45) is 0 Å². The summed E-state index contributed by atoms with van der Waals surface area (Å²) in [6.45, 7) is 11.8. The van der Waals surface area contributed by atoms with Crippen LogP contribution in [0.4, 0.5) is 4.79 Å². The molecular formula is C16H26N2O5. The highest BCUT2D eigenvalue weighted by atomic mass is 16.6. The third-order valence-corrected chi connectivity index (χ3v) is 3.50. The van der Waals surface area contributed by atoms with Crippen molar-refractivity contribution in [3.05, 3.63) is 18.4 Å². The SMILES string of the molecule is CCOC(c1ncco1)[C@H]1COC(C)(C)N1C(=O)OC(C)(C)C. The van der Waals surface area contributed by atoms with Crippen molar-refractivity contribution >= 4 is 6.09 Å². The molecule has 0 aromatic carbocycles. The molecule has 1 aliphatic heterocycles. The van der Waals surface area contributed by atoms with Crippen LogP contribution < -0.4 is 0 Å². The zero-order chi connectivity index (χ0) is 17.3. The molecule has 1 saturated heterocycles. The highest BCUT2D eigenvalue weighted by Crippen LogP contribution is 2.36. The zero-order valence-corrected chi connectivity index (χ0v) is 14.7. The van der Waals surface area contributed by atoms with E-state index >= 15 is 0 Å². The molecule has 130 valence electrons. The van der Waals surface area contributed by atoms with Crippen molar-refractivity contribution in [1.29, 1.82) is 0 Å². The van der Waals surface area contributed by atoms with Gasteiger partial charge in [-0.15, -0.1) is 0 Å². The average molecular weight is 326 g/mol. The van der Waals surface area contributed by atoms with Crippen LogP contribution in [0.3, 0.4) is 0 Å². The molecule has 2 atom stereocenters. The second-order valence-corrected chi connectivity index (χ2v) is 6.92. The van der Waals surface area contributed by atoms with Gasteiger partial charge in [-0.2, -0.15) is 0 Å². The van der Waals surface area contributed by atoms with E-state index in [-0.39, 0.29) is 6.04 Å². The van der Waals surface area contributed by atoms with Crippen LogP contribution in [0.1, 0.15) is 53.5 Å². The Labute approximate surface area is 136 Å². The molecule has 2 heterocycles. The van der Waals surface area contributed by atoms with Crippen LogP contribution in [0.5, 0.6) is 0 Å². The number of aromatic nitrogens is 1. The van der Waals surface area contributed by atoms with Crippen molar-refractivity contribution in [2.45, 2.75) is 65.0 Å². The maximum atomic E-state index is 12.7. The minimum atomic E-state index is -0.797. The molecule has 0 saturated carbocycles. The quantitative estimate of drug-likeness (QED) is 0.846. The largest absolute Gasteiger partial charge is 0.446 e. The number of nitrogens with zero attached hydrogens (tertiary/aromatic N) is 2. The smallest absolute Gasteiger partial charge is 0.413 e. The van der Waals surface area contributed by atoms with E-state index in [1.54, 1.807) is 11.1 Å². The summed E-state index contributed by atoms with van der Waals surface area (Å²) in [5, 5.41) is 0. The third-order valence-electron chi connectivity index (χ3n) is 3.50. The van der Waals surface area contributed by atoms with Crippen molar-refractivity contribution < 1.29 is 23.4 Å². The lowest BCUT2D eigenvalue weighted by molar-refractivity contribution is -0.0746. The minimum Gasteiger partial charge on any atom is -0.446 e. The number of oxazole rings is 1. The lowest BCUT2D eigenvalue weighted by Crippen LogP contribution is -2.51. The third kappa shape index (κ3) is 4.03. The number of rotatable bonds is 4. The van der Waals surface area contributed by atoms with Gasteiger partial charge in [0.05, 0.1) is 18.8 Å². The molecule has 0 aliphatic carbocycles.